The van der Waals surface area contributed by atoms with Crippen molar-refractivity contribution < 1.29 is 14.3 Å². The Morgan fingerprint density at radius 1 is 1.14 bits per heavy atom. The minimum atomic E-state index is -0.357. The molecule has 0 saturated carbocycles. The van der Waals surface area contributed by atoms with Crippen molar-refractivity contribution in [1.82, 2.24) is 0 Å². The minimum Gasteiger partial charge on any atom is -0.460 e. The zero-order chi connectivity index (χ0) is 14.8. The van der Waals surface area contributed by atoms with Crippen LogP contribution in [0.25, 0.3) is 11.8 Å². The van der Waals surface area contributed by atoms with Gasteiger partial charge in [-0.15, -0.1) is 0 Å². The van der Waals surface area contributed by atoms with E-state index >= 15 is 0 Å². The molecule has 1 heterocycles. The van der Waals surface area contributed by atoms with Gasteiger partial charge >= 0.3 is 0 Å². The molecule has 0 aliphatic carbocycles. The zero-order valence-electron chi connectivity index (χ0n) is 12.0. The third kappa shape index (κ3) is 2.60. The smallest absolute Gasteiger partial charge is 0.227 e. The van der Waals surface area contributed by atoms with E-state index in [1.54, 1.807) is 14.0 Å². The molecule has 1 aliphatic rings. The van der Waals surface area contributed by atoms with Crippen molar-refractivity contribution in [2.24, 2.45) is 0 Å². The van der Waals surface area contributed by atoms with Gasteiger partial charge in [0.1, 0.15) is 5.76 Å². The molecule has 0 radical (unpaired) electrons. The summed E-state index contributed by atoms with van der Waals surface area (Å²) in [6, 6.07) is 15.4. The van der Waals surface area contributed by atoms with Crippen LogP contribution in [0.3, 0.4) is 0 Å². The first-order chi connectivity index (χ1) is 10.2. The summed E-state index contributed by atoms with van der Waals surface area (Å²) >= 11 is 0. The van der Waals surface area contributed by atoms with Crippen LogP contribution in [-0.2, 0) is 9.47 Å². The number of hydrogen-bond donors (Lipinski definition) is 0. The van der Waals surface area contributed by atoms with Crippen LogP contribution in [0.4, 0.5) is 0 Å². The molecule has 1 atom stereocenters. The molecule has 3 rings (SSSR count). The molecule has 0 amide bonds. The highest BCUT2D eigenvalue weighted by atomic mass is 16.7. The lowest BCUT2D eigenvalue weighted by molar-refractivity contribution is -0.0644. The van der Waals surface area contributed by atoms with Crippen molar-refractivity contribution in [3.63, 3.8) is 0 Å². The maximum Gasteiger partial charge on any atom is 0.227 e. The Morgan fingerprint density at radius 2 is 1.86 bits per heavy atom. The average molecular weight is 280 g/mol. The molecule has 3 heteroatoms. The van der Waals surface area contributed by atoms with Crippen molar-refractivity contribution >= 4 is 17.6 Å². The number of ketones is 1. The fraction of sp³-hybridized carbons (Fsp3) is 0.167. The SMILES string of the molecule is COC1O/C(=C\c2ccc(C(C)=O)cc2)c2ccccc21. The highest BCUT2D eigenvalue weighted by Crippen LogP contribution is 2.39. The van der Waals surface area contributed by atoms with E-state index in [0.717, 1.165) is 22.4 Å². The molecule has 2 aromatic carbocycles. The quantitative estimate of drug-likeness (QED) is 0.795. The number of ether oxygens (including phenoxy) is 2. The molecule has 3 nitrogen and oxygen atoms in total. The molecule has 2 aromatic rings. The van der Waals surface area contributed by atoms with E-state index in [0.29, 0.717) is 5.56 Å². The second kappa shape index (κ2) is 5.54. The Morgan fingerprint density at radius 3 is 2.52 bits per heavy atom. The van der Waals surface area contributed by atoms with Gasteiger partial charge in [-0.05, 0) is 18.6 Å². The summed E-state index contributed by atoms with van der Waals surface area (Å²) < 4.78 is 11.2. The molecule has 0 bridgehead atoms. The molecule has 106 valence electrons. The summed E-state index contributed by atoms with van der Waals surface area (Å²) in [6.07, 6.45) is 1.60. The van der Waals surface area contributed by atoms with Gasteiger partial charge in [0.25, 0.3) is 0 Å². The number of carbonyl (C=O) groups is 1. The first-order valence-electron chi connectivity index (χ1n) is 6.80. The third-order valence-electron chi connectivity index (χ3n) is 3.54. The van der Waals surface area contributed by atoms with E-state index in [9.17, 15) is 4.79 Å². The van der Waals surface area contributed by atoms with E-state index in [4.69, 9.17) is 9.47 Å². The lowest BCUT2D eigenvalue weighted by atomic mass is 10.0. The summed E-state index contributed by atoms with van der Waals surface area (Å²) in [5.74, 6) is 0.851. The first-order valence-corrected chi connectivity index (χ1v) is 6.80. The van der Waals surface area contributed by atoms with E-state index in [-0.39, 0.29) is 12.1 Å². The summed E-state index contributed by atoms with van der Waals surface area (Å²) in [6.45, 7) is 1.56. The van der Waals surface area contributed by atoms with E-state index in [1.165, 1.54) is 0 Å². The molecule has 0 aromatic heterocycles. The molecule has 1 aliphatic heterocycles. The highest BCUT2D eigenvalue weighted by Gasteiger charge is 2.27. The Bertz CT molecular complexity index is 699. The van der Waals surface area contributed by atoms with E-state index < -0.39 is 0 Å². The lowest BCUT2D eigenvalue weighted by Gasteiger charge is -2.08. The summed E-state index contributed by atoms with van der Waals surface area (Å²) in [4.78, 5) is 11.3. The van der Waals surface area contributed by atoms with Crippen LogP contribution in [0.5, 0.6) is 0 Å². The number of fused-ring (bicyclic) bond motifs is 1. The van der Waals surface area contributed by atoms with Crippen molar-refractivity contribution in [2.75, 3.05) is 7.11 Å². The lowest BCUT2D eigenvalue weighted by Crippen LogP contribution is -1.97. The number of carbonyl (C=O) groups excluding carboxylic acids is 1. The van der Waals surface area contributed by atoms with Crippen molar-refractivity contribution in [3.8, 4) is 0 Å². The third-order valence-corrected chi connectivity index (χ3v) is 3.54. The largest absolute Gasteiger partial charge is 0.460 e. The topological polar surface area (TPSA) is 35.5 Å². The molecule has 0 spiro atoms. The van der Waals surface area contributed by atoms with Crippen LogP contribution >= 0.6 is 0 Å². The molecule has 0 fully saturated rings. The van der Waals surface area contributed by atoms with Gasteiger partial charge in [0, 0.05) is 23.8 Å². The fourth-order valence-corrected chi connectivity index (χ4v) is 2.42. The summed E-state index contributed by atoms with van der Waals surface area (Å²) in [5.41, 5.74) is 3.77. The van der Waals surface area contributed by atoms with Crippen LogP contribution in [0.15, 0.2) is 48.5 Å². The van der Waals surface area contributed by atoms with Gasteiger partial charge < -0.3 is 9.47 Å². The highest BCUT2D eigenvalue weighted by molar-refractivity contribution is 5.94. The average Bonchev–Trinajstić information content (AvgIpc) is 2.86. The Hall–Kier alpha value is -2.39. The number of rotatable bonds is 3. The van der Waals surface area contributed by atoms with Crippen molar-refractivity contribution in [1.29, 1.82) is 0 Å². The number of methoxy groups -OCH3 is 1. The standard InChI is InChI=1S/C18H16O3/c1-12(19)14-9-7-13(8-10-14)11-17-15-5-3-4-6-16(15)18(20-2)21-17/h3-11,18H,1-2H3/b17-11-. The maximum absolute atomic E-state index is 11.3. The number of benzene rings is 2. The molecule has 0 N–H and O–H groups in total. The molecule has 21 heavy (non-hydrogen) atoms. The summed E-state index contributed by atoms with van der Waals surface area (Å²) in [5, 5.41) is 0. The predicted octanol–water partition coefficient (Wildman–Crippen LogP) is 4.06. The van der Waals surface area contributed by atoms with Crippen LogP contribution in [-0.4, -0.2) is 12.9 Å². The van der Waals surface area contributed by atoms with Crippen LogP contribution in [0.1, 0.15) is 40.3 Å². The maximum atomic E-state index is 11.3. The van der Waals surface area contributed by atoms with E-state index in [2.05, 4.69) is 0 Å². The fourth-order valence-electron chi connectivity index (χ4n) is 2.42. The van der Waals surface area contributed by atoms with Gasteiger partial charge in [-0.25, -0.2) is 0 Å². The van der Waals surface area contributed by atoms with Gasteiger partial charge in [0.15, 0.2) is 5.78 Å². The first kappa shape index (κ1) is 13.6. The molecule has 1 unspecified atom stereocenters. The Labute approximate surface area is 123 Å². The number of Topliss-reactive ketones (excluding diaryl/α,β-unsaturated/α-hetero) is 1. The summed E-state index contributed by atoms with van der Waals surface area (Å²) in [7, 11) is 1.63. The number of hydrogen-bond acceptors (Lipinski definition) is 3. The van der Waals surface area contributed by atoms with Crippen LogP contribution < -0.4 is 0 Å². The van der Waals surface area contributed by atoms with E-state index in [1.807, 2.05) is 54.6 Å². The molecular weight excluding hydrogens is 264 g/mol. The van der Waals surface area contributed by atoms with Gasteiger partial charge in [0.05, 0.1) is 0 Å². The predicted molar refractivity (Wildman–Crippen MR) is 81.6 cm³/mol. The zero-order valence-corrected chi connectivity index (χ0v) is 12.0. The normalized spacial score (nSPS) is 18.4. The van der Waals surface area contributed by atoms with Crippen LogP contribution in [0.2, 0.25) is 0 Å². The van der Waals surface area contributed by atoms with Gasteiger partial charge in [-0.2, -0.15) is 0 Å². The Balaban J connectivity index is 1.95. The second-order valence-electron chi connectivity index (χ2n) is 4.96. The van der Waals surface area contributed by atoms with Gasteiger partial charge in [-0.3, -0.25) is 4.79 Å². The van der Waals surface area contributed by atoms with Crippen molar-refractivity contribution in [3.05, 3.63) is 70.8 Å². The second-order valence-corrected chi connectivity index (χ2v) is 4.96. The van der Waals surface area contributed by atoms with Gasteiger partial charge in [-0.1, -0.05) is 48.5 Å². The monoisotopic (exact) mass is 280 g/mol. The van der Waals surface area contributed by atoms with Crippen LogP contribution in [0, 0.1) is 0 Å². The molecule has 0 saturated heterocycles. The molecular formula is C18H16O3. The minimum absolute atomic E-state index is 0.0658. The van der Waals surface area contributed by atoms with Gasteiger partial charge in [0.2, 0.25) is 6.29 Å². The van der Waals surface area contributed by atoms with Crippen molar-refractivity contribution in [2.45, 2.75) is 13.2 Å². The Kier molecular flexibility index (Phi) is 3.59.